The number of aromatic nitrogens is 1. The molecule has 0 saturated heterocycles. The molecule has 0 radical (unpaired) electrons. The summed E-state index contributed by atoms with van der Waals surface area (Å²) in [6.07, 6.45) is 2.63. The van der Waals surface area contributed by atoms with E-state index >= 15 is 0 Å². The van der Waals surface area contributed by atoms with Crippen LogP contribution < -0.4 is 20.5 Å². The number of carbonyl (C=O) groups excluding carboxylic acids is 1. The van der Waals surface area contributed by atoms with E-state index in [1.165, 1.54) is 6.92 Å². The molecule has 144 valence electrons. The molecule has 2 heterocycles. The van der Waals surface area contributed by atoms with E-state index in [4.69, 9.17) is 15.2 Å². The van der Waals surface area contributed by atoms with Crippen molar-refractivity contribution in [1.29, 1.82) is 0 Å². The molecule has 0 fully saturated rings. The minimum Gasteiger partial charge on any atom is -0.492 e. The highest BCUT2D eigenvalue weighted by molar-refractivity contribution is 5.89. The van der Waals surface area contributed by atoms with Crippen LogP contribution in [0.25, 0.3) is 11.1 Å². The molecule has 1 aliphatic rings. The first-order chi connectivity index (χ1) is 12.7. The normalized spacial score (nSPS) is 14.6. The standard InChI is InChI=1S/C21H27N3O3/c1-13(2)9-21(4,22)12-27-16-5-6-17-18-8-20(24-14(3)25)23-10-15(18)11-26-19(17)7-16/h5-8,10,13H,9,11-12,22H2,1-4H3,(H,23,24,25). The van der Waals surface area contributed by atoms with E-state index in [9.17, 15) is 4.79 Å². The maximum atomic E-state index is 11.3. The maximum absolute atomic E-state index is 11.3. The number of benzene rings is 1. The van der Waals surface area contributed by atoms with Crippen LogP contribution >= 0.6 is 0 Å². The monoisotopic (exact) mass is 369 g/mol. The van der Waals surface area contributed by atoms with Crippen LogP contribution in [0.3, 0.4) is 0 Å². The van der Waals surface area contributed by atoms with Gasteiger partial charge in [-0.25, -0.2) is 4.98 Å². The number of fused-ring (bicyclic) bond motifs is 3. The van der Waals surface area contributed by atoms with Gasteiger partial charge in [0.15, 0.2) is 0 Å². The summed E-state index contributed by atoms with van der Waals surface area (Å²) in [6.45, 7) is 8.65. The molecule has 6 nitrogen and oxygen atoms in total. The molecule has 0 saturated carbocycles. The van der Waals surface area contributed by atoms with Crippen LogP contribution in [0.4, 0.5) is 5.82 Å². The summed E-state index contributed by atoms with van der Waals surface area (Å²) in [4.78, 5) is 15.5. The summed E-state index contributed by atoms with van der Waals surface area (Å²) in [7, 11) is 0. The van der Waals surface area contributed by atoms with E-state index < -0.39 is 0 Å². The highest BCUT2D eigenvalue weighted by Crippen LogP contribution is 2.40. The Morgan fingerprint density at radius 3 is 2.85 bits per heavy atom. The van der Waals surface area contributed by atoms with Crippen molar-refractivity contribution >= 4 is 11.7 Å². The van der Waals surface area contributed by atoms with Gasteiger partial charge in [0.2, 0.25) is 5.91 Å². The van der Waals surface area contributed by atoms with E-state index in [2.05, 4.69) is 24.1 Å². The summed E-state index contributed by atoms with van der Waals surface area (Å²) in [5.41, 5.74) is 8.89. The molecule has 27 heavy (non-hydrogen) atoms. The minimum absolute atomic E-state index is 0.148. The largest absolute Gasteiger partial charge is 0.492 e. The number of anilines is 1. The molecule has 3 rings (SSSR count). The zero-order valence-electron chi connectivity index (χ0n) is 16.3. The van der Waals surface area contributed by atoms with Gasteiger partial charge in [0, 0.05) is 35.9 Å². The lowest BCUT2D eigenvalue weighted by Gasteiger charge is -2.27. The van der Waals surface area contributed by atoms with Gasteiger partial charge in [-0.1, -0.05) is 13.8 Å². The second-order valence-electron chi connectivity index (χ2n) is 7.90. The van der Waals surface area contributed by atoms with Gasteiger partial charge in [-0.05, 0) is 43.0 Å². The number of nitrogens with two attached hydrogens (primary N) is 1. The number of carbonyl (C=O) groups is 1. The number of hydrogen-bond donors (Lipinski definition) is 2. The van der Waals surface area contributed by atoms with E-state index in [1.807, 2.05) is 31.2 Å². The molecule has 1 aromatic carbocycles. The van der Waals surface area contributed by atoms with Crippen molar-refractivity contribution in [3.8, 4) is 22.6 Å². The predicted octanol–water partition coefficient (Wildman–Crippen LogP) is 3.74. The van der Waals surface area contributed by atoms with Crippen LogP contribution in [0, 0.1) is 5.92 Å². The van der Waals surface area contributed by atoms with Crippen molar-refractivity contribution in [3.05, 3.63) is 36.0 Å². The summed E-state index contributed by atoms with van der Waals surface area (Å²) >= 11 is 0. The topological polar surface area (TPSA) is 86.5 Å². The van der Waals surface area contributed by atoms with Crippen molar-refractivity contribution in [2.24, 2.45) is 11.7 Å². The van der Waals surface area contributed by atoms with Crippen LogP contribution in [0.2, 0.25) is 0 Å². The minimum atomic E-state index is -0.379. The fourth-order valence-corrected chi connectivity index (χ4v) is 3.43. The molecule has 1 amide bonds. The molecule has 3 N–H and O–H groups in total. The predicted molar refractivity (Wildman–Crippen MR) is 106 cm³/mol. The number of nitrogens with zero attached hydrogens (tertiary/aromatic N) is 1. The number of hydrogen-bond acceptors (Lipinski definition) is 5. The Hall–Kier alpha value is -2.60. The molecule has 1 atom stereocenters. The fourth-order valence-electron chi connectivity index (χ4n) is 3.43. The first-order valence-electron chi connectivity index (χ1n) is 9.19. The van der Waals surface area contributed by atoms with Gasteiger partial charge in [-0.15, -0.1) is 0 Å². The lowest BCUT2D eigenvalue weighted by Crippen LogP contribution is -2.43. The molecule has 1 aliphatic heterocycles. The van der Waals surface area contributed by atoms with Gasteiger partial charge in [0.05, 0.1) is 0 Å². The Bertz CT molecular complexity index is 847. The van der Waals surface area contributed by atoms with Crippen molar-refractivity contribution in [2.45, 2.75) is 46.3 Å². The number of rotatable bonds is 6. The van der Waals surface area contributed by atoms with Gasteiger partial charge >= 0.3 is 0 Å². The van der Waals surface area contributed by atoms with Gasteiger partial charge in [0.25, 0.3) is 0 Å². The molecule has 1 aromatic heterocycles. The zero-order valence-corrected chi connectivity index (χ0v) is 16.3. The zero-order chi connectivity index (χ0) is 19.6. The third-order valence-electron chi connectivity index (χ3n) is 4.36. The van der Waals surface area contributed by atoms with Gasteiger partial charge in [0.1, 0.15) is 30.5 Å². The van der Waals surface area contributed by atoms with Crippen LogP contribution in [0.5, 0.6) is 11.5 Å². The fraction of sp³-hybridized carbons (Fsp3) is 0.429. The third kappa shape index (κ3) is 4.77. The average Bonchev–Trinajstić information content (AvgIpc) is 2.58. The number of pyridine rings is 1. The molecule has 0 aliphatic carbocycles. The third-order valence-corrected chi connectivity index (χ3v) is 4.36. The SMILES string of the molecule is CC(=O)Nc1cc2c(cn1)COc1cc(OCC(C)(N)CC(C)C)ccc1-2. The molecule has 1 unspecified atom stereocenters. The van der Waals surface area contributed by atoms with Crippen molar-refractivity contribution in [3.63, 3.8) is 0 Å². The second kappa shape index (κ2) is 7.56. The maximum Gasteiger partial charge on any atom is 0.222 e. The van der Waals surface area contributed by atoms with E-state index in [-0.39, 0.29) is 11.4 Å². The van der Waals surface area contributed by atoms with Crippen LogP contribution in [-0.2, 0) is 11.4 Å². The number of amides is 1. The van der Waals surface area contributed by atoms with E-state index in [0.29, 0.717) is 24.9 Å². The highest BCUT2D eigenvalue weighted by Gasteiger charge is 2.23. The Kier molecular flexibility index (Phi) is 5.37. The molecule has 2 aromatic rings. The molecular weight excluding hydrogens is 342 g/mol. The van der Waals surface area contributed by atoms with E-state index in [1.54, 1.807) is 6.20 Å². The smallest absolute Gasteiger partial charge is 0.222 e. The Balaban J connectivity index is 1.80. The average molecular weight is 369 g/mol. The van der Waals surface area contributed by atoms with Gasteiger partial charge in [-0.3, -0.25) is 4.79 Å². The van der Waals surface area contributed by atoms with Gasteiger partial charge < -0.3 is 20.5 Å². The first-order valence-corrected chi connectivity index (χ1v) is 9.19. The Morgan fingerprint density at radius 1 is 1.37 bits per heavy atom. The van der Waals surface area contributed by atoms with Gasteiger partial charge in [-0.2, -0.15) is 0 Å². The second-order valence-corrected chi connectivity index (χ2v) is 7.90. The van der Waals surface area contributed by atoms with Crippen molar-refractivity contribution < 1.29 is 14.3 Å². The molecule has 0 bridgehead atoms. The van der Waals surface area contributed by atoms with Crippen molar-refractivity contribution in [2.75, 3.05) is 11.9 Å². The highest BCUT2D eigenvalue weighted by atomic mass is 16.5. The van der Waals surface area contributed by atoms with E-state index in [0.717, 1.165) is 34.6 Å². The number of nitrogens with one attached hydrogen (secondary N) is 1. The Labute approximate surface area is 160 Å². The quantitative estimate of drug-likeness (QED) is 0.810. The van der Waals surface area contributed by atoms with Crippen molar-refractivity contribution in [1.82, 2.24) is 4.98 Å². The summed E-state index contributed by atoms with van der Waals surface area (Å²) < 4.78 is 11.8. The molecule has 6 heteroatoms. The first kappa shape index (κ1) is 19.2. The van der Waals surface area contributed by atoms with Crippen LogP contribution in [-0.4, -0.2) is 23.0 Å². The van der Waals surface area contributed by atoms with Crippen LogP contribution in [0.1, 0.15) is 39.7 Å². The summed E-state index contributed by atoms with van der Waals surface area (Å²) in [6, 6.07) is 7.65. The summed E-state index contributed by atoms with van der Waals surface area (Å²) in [5.74, 6) is 2.38. The lowest BCUT2D eigenvalue weighted by atomic mass is 9.93. The lowest BCUT2D eigenvalue weighted by molar-refractivity contribution is -0.114. The molecular formula is C21H27N3O3. The molecule has 0 spiro atoms. The van der Waals surface area contributed by atoms with Crippen LogP contribution in [0.15, 0.2) is 30.5 Å². The number of ether oxygens (including phenoxy) is 2. The Morgan fingerprint density at radius 2 is 2.15 bits per heavy atom. The summed E-state index contributed by atoms with van der Waals surface area (Å²) in [5, 5.41) is 2.72.